The third-order valence-electron chi connectivity index (χ3n) is 6.09. The van der Waals surface area contributed by atoms with Crippen LogP contribution in [0, 0.1) is 5.92 Å². The maximum absolute atomic E-state index is 5.98. The fraction of sp³-hybridized carbons (Fsp3) is 0.708. The number of likely N-dealkylation sites (tertiary alicyclic amines) is 1. The molecule has 2 aliphatic heterocycles. The van der Waals surface area contributed by atoms with E-state index < -0.39 is 0 Å². The summed E-state index contributed by atoms with van der Waals surface area (Å²) in [6, 6.07) is 10.4. The van der Waals surface area contributed by atoms with E-state index in [2.05, 4.69) is 58.3 Å². The molecule has 6 nitrogen and oxygen atoms in total. The van der Waals surface area contributed by atoms with Crippen molar-refractivity contribution in [1.82, 2.24) is 20.0 Å². The van der Waals surface area contributed by atoms with Crippen molar-refractivity contribution in [3.8, 4) is 0 Å². The van der Waals surface area contributed by atoms with Crippen LogP contribution in [0.15, 0.2) is 35.3 Å². The number of ether oxygens (including phenoxy) is 1. The van der Waals surface area contributed by atoms with Gasteiger partial charge in [0.1, 0.15) is 0 Å². The van der Waals surface area contributed by atoms with E-state index in [1.165, 1.54) is 44.6 Å². The van der Waals surface area contributed by atoms with Gasteiger partial charge in [0.05, 0.1) is 13.2 Å². The third kappa shape index (κ3) is 7.89. The highest BCUT2D eigenvalue weighted by Crippen LogP contribution is 2.17. The molecule has 168 valence electrons. The number of benzene rings is 1. The van der Waals surface area contributed by atoms with Crippen LogP contribution in [0.3, 0.4) is 0 Å². The maximum Gasteiger partial charge on any atom is 0.193 e. The molecule has 2 fully saturated rings. The summed E-state index contributed by atoms with van der Waals surface area (Å²) >= 11 is 0. The highest BCUT2D eigenvalue weighted by Gasteiger charge is 2.25. The minimum Gasteiger partial charge on any atom is -0.376 e. The first-order valence-electron chi connectivity index (χ1n) is 11.8. The minimum atomic E-state index is 0.589. The lowest BCUT2D eigenvalue weighted by Gasteiger charge is -2.22. The molecular weight excluding hydrogens is 374 g/mol. The molecule has 1 aromatic carbocycles. The Hall–Kier alpha value is -1.63. The predicted molar refractivity (Wildman–Crippen MR) is 125 cm³/mol. The van der Waals surface area contributed by atoms with E-state index in [1.54, 1.807) is 0 Å². The van der Waals surface area contributed by atoms with Gasteiger partial charge in [-0.1, -0.05) is 30.3 Å². The molecule has 0 saturated carbocycles. The summed E-state index contributed by atoms with van der Waals surface area (Å²) in [6.07, 6.45) is 3.60. The molecule has 2 aliphatic rings. The number of likely N-dealkylation sites (N-methyl/N-ethyl adjacent to an activating group) is 1. The number of aliphatic imine (C=N–C) groups is 1. The number of nitrogens with one attached hydrogen (secondary N) is 1. The van der Waals surface area contributed by atoms with Crippen LogP contribution in [0.25, 0.3) is 0 Å². The molecule has 0 aromatic heterocycles. The van der Waals surface area contributed by atoms with E-state index >= 15 is 0 Å². The predicted octanol–water partition coefficient (Wildman–Crippen LogP) is 2.52. The van der Waals surface area contributed by atoms with Crippen LogP contribution < -0.4 is 5.32 Å². The molecular formula is C24H41N5O. The SMILES string of the molecule is CCNC(=NCCCN1CCCN(C)CC1)N1CCC(COCc2ccccc2)C1. The highest BCUT2D eigenvalue weighted by molar-refractivity contribution is 5.80. The van der Waals surface area contributed by atoms with Crippen LogP contribution in [0.1, 0.15) is 31.7 Å². The Labute approximate surface area is 183 Å². The number of nitrogens with zero attached hydrogens (tertiary/aromatic N) is 4. The summed E-state index contributed by atoms with van der Waals surface area (Å²) in [5, 5.41) is 3.50. The smallest absolute Gasteiger partial charge is 0.193 e. The van der Waals surface area contributed by atoms with E-state index in [9.17, 15) is 0 Å². The Balaban J connectivity index is 1.37. The molecule has 1 aromatic rings. The van der Waals surface area contributed by atoms with E-state index in [0.717, 1.165) is 51.7 Å². The Bertz CT molecular complexity index is 623. The summed E-state index contributed by atoms with van der Waals surface area (Å²) < 4.78 is 5.98. The molecule has 0 amide bonds. The molecule has 1 N–H and O–H groups in total. The normalized spacial score (nSPS) is 21.7. The number of rotatable bonds is 9. The van der Waals surface area contributed by atoms with Crippen LogP contribution >= 0.6 is 0 Å². The highest BCUT2D eigenvalue weighted by atomic mass is 16.5. The zero-order chi connectivity index (χ0) is 21.0. The molecule has 0 aliphatic carbocycles. The van der Waals surface area contributed by atoms with Crippen molar-refractivity contribution in [2.45, 2.75) is 32.8 Å². The molecule has 6 heteroatoms. The van der Waals surface area contributed by atoms with Gasteiger partial charge in [0.2, 0.25) is 0 Å². The number of guanidine groups is 1. The van der Waals surface area contributed by atoms with Gasteiger partial charge in [-0.25, -0.2) is 0 Å². The Morgan fingerprint density at radius 2 is 2.00 bits per heavy atom. The van der Waals surface area contributed by atoms with Crippen molar-refractivity contribution in [2.24, 2.45) is 10.9 Å². The van der Waals surface area contributed by atoms with Gasteiger partial charge in [-0.05, 0) is 58.4 Å². The lowest BCUT2D eigenvalue weighted by atomic mass is 10.1. The van der Waals surface area contributed by atoms with Crippen molar-refractivity contribution >= 4 is 5.96 Å². The molecule has 1 unspecified atom stereocenters. The Morgan fingerprint density at radius 1 is 1.13 bits per heavy atom. The molecule has 1 atom stereocenters. The van der Waals surface area contributed by atoms with E-state index in [0.29, 0.717) is 12.5 Å². The van der Waals surface area contributed by atoms with E-state index in [1.807, 2.05) is 6.07 Å². The van der Waals surface area contributed by atoms with Gasteiger partial charge < -0.3 is 24.8 Å². The fourth-order valence-electron chi connectivity index (χ4n) is 4.31. The zero-order valence-corrected chi connectivity index (χ0v) is 19.1. The van der Waals surface area contributed by atoms with Crippen molar-refractivity contribution in [1.29, 1.82) is 0 Å². The average molecular weight is 416 g/mol. The molecule has 0 radical (unpaired) electrons. The summed E-state index contributed by atoms with van der Waals surface area (Å²) in [6.45, 7) is 13.6. The molecule has 2 heterocycles. The van der Waals surface area contributed by atoms with Crippen molar-refractivity contribution < 1.29 is 4.74 Å². The van der Waals surface area contributed by atoms with Crippen LogP contribution in [-0.4, -0.2) is 93.2 Å². The second-order valence-corrected chi connectivity index (χ2v) is 8.69. The molecule has 2 saturated heterocycles. The van der Waals surface area contributed by atoms with Gasteiger partial charge >= 0.3 is 0 Å². The zero-order valence-electron chi connectivity index (χ0n) is 19.1. The summed E-state index contributed by atoms with van der Waals surface area (Å²) in [7, 11) is 2.23. The summed E-state index contributed by atoms with van der Waals surface area (Å²) in [5.74, 6) is 1.67. The molecule has 0 bridgehead atoms. The van der Waals surface area contributed by atoms with E-state index in [-0.39, 0.29) is 0 Å². The van der Waals surface area contributed by atoms with Gasteiger partial charge in [0, 0.05) is 45.2 Å². The van der Waals surface area contributed by atoms with Crippen molar-refractivity contribution in [3.05, 3.63) is 35.9 Å². The van der Waals surface area contributed by atoms with Crippen LogP contribution in [0.4, 0.5) is 0 Å². The van der Waals surface area contributed by atoms with Crippen LogP contribution in [0.5, 0.6) is 0 Å². The Morgan fingerprint density at radius 3 is 2.83 bits per heavy atom. The van der Waals surface area contributed by atoms with Crippen molar-refractivity contribution in [2.75, 3.05) is 72.6 Å². The van der Waals surface area contributed by atoms with E-state index in [4.69, 9.17) is 9.73 Å². The first-order valence-corrected chi connectivity index (χ1v) is 11.8. The number of hydrogen-bond acceptors (Lipinski definition) is 4. The minimum absolute atomic E-state index is 0.589. The molecule has 30 heavy (non-hydrogen) atoms. The van der Waals surface area contributed by atoms with Gasteiger partial charge in [-0.3, -0.25) is 4.99 Å². The lowest BCUT2D eigenvalue weighted by molar-refractivity contribution is 0.0906. The van der Waals surface area contributed by atoms with Crippen molar-refractivity contribution in [3.63, 3.8) is 0 Å². The van der Waals surface area contributed by atoms with Gasteiger partial charge in [-0.15, -0.1) is 0 Å². The summed E-state index contributed by atoms with van der Waals surface area (Å²) in [5.41, 5.74) is 1.25. The third-order valence-corrected chi connectivity index (χ3v) is 6.09. The topological polar surface area (TPSA) is 43.3 Å². The second kappa shape index (κ2) is 12.9. The standard InChI is InChI=1S/C24H41N5O/c1-3-25-24(26-12-7-14-28-15-8-13-27(2)17-18-28)29-16-11-23(19-29)21-30-20-22-9-5-4-6-10-22/h4-6,9-10,23H,3,7-8,11-21H2,1-2H3,(H,25,26). The first kappa shape index (κ1) is 23.0. The van der Waals surface area contributed by atoms with Crippen LogP contribution in [0.2, 0.25) is 0 Å². The fourth-order valence-corrected chi connectivity index (χ4v) is 4.31. The molecule has 3 rings (SSSR count). The second-order valence-electron chi connectivity index (χ2n) is 8.69. The van der Waals surface area contributed by atoms with Crippen LogP contribution in [-0.2, 0) is 11.3 Å². The lowest BCUT2D eigenvalue weighted by Crippen LogP contribution is -2.40. The average Bonchev–Trinajstić information content (AvgIpc) is 3.13. The largest absolute Gasteiger partial charge is 0.376 e. The van der Waals surface area contributed by atoms with Gasteiger partial charge in [-0.2, -0.15) is 0 Å². The first-order chi connectivity index (χ1) is 14.7. The number of hydrogen-bond donors (Lipinski definition) is 1. The monoisotopic (exact) mass is 415 g/mol. The molecule has 0 spiro atoms. The van der Waals surface area contributed by atoms with Gasteiger partial charge in [0.25, 0.3) is 0 Å². The summed E-state index contributed by atoms with van der Waals surface area (Å²) in [4.78, 5) is 12.4. The quantitative estimate of drug-likeness (QED) is 0.381. The Kier molecular flexibility index (Phi) is 9.93. The maximum atomic E-state index is 5.98. The van der Waals surface area contributed by atoms with Gasteiger partial charge in [0.15, 0.2) is 5.96 Å².